The number of H-pyrrole nitrogens is 2. The van der Waals surface area contributed by atoms with Gasteiger partial charge in [0.25, 0.3) is 0 Å². The van der Waals surface area contributed by atoms with Crippen LogP contribution in [0.25, 0.3) is 22.1 Å². The van der Waals surface area contributed by atoms with Gasteiger partial charge in [-0.25, -0.2) is 9.78 Å². The summed E-state index contributed by atoms with van der Waals surface area (Å²) in [5.41, 5.74) is 5.71. The highest BCUT2D eigenvalue weighted by Crippen LogP contribution is 2.41. The number of pyridine rings is 1. The molecule has 0 amide bonds. The first-order valence-corrected chi connectivity index (χ1v) is 9.89. The Labute approximate surface area is 161 Å². The third-order valence-electron chi connectivity index (χ3n) is 5.48. The number of aliphatic hydroxyl groups excluding tert-OH is 1. The highest BCUT2D eigenvalue weighted by Gasteiger charge is 2.29. The van der Waals surface area contributed by atoms with Gasteiger partial charge in [-0.1, -0.05) is 12.1 Å². The molecule has 5 rings (SSSR count). The van der Waals surface area contributed by atoms with E-state index in [0.29, 0.717) is 12.5 Å². The second kappa shape index (κ2) is 6.91. The number of imidazole rings is 2. The van der Waals surface area contributed by atoms with Gasteiger partial charge >= 0.3 is 5.69 Å². The zero-order chi connectivity index (χ0) is 19.1. The summed E-state index contributed by atoms with van der Waals surface area (Å²) in [6.45, 7) is 0.595. The number of nitrogens with one attached hydrogen (secondary N) is 2. The maximum absolute atomic E-state index is 12.6. The number of aromatic nitrogens is 5. The third kappa shape index (κ3) is 3.01. The summed E-state index contributed by atoms with van der Waals surface area (Å²) < 4.78 is 1.75. The molecule has 4 aromatic rings. The molecule has 144 valence electrons. The van der Waals surface area contributed by atoms with Gasteiger partial charge in [0.15, 0.2) is 0 Å². The first kappa shape index (κ1) is 17.2. The van der Waals surface area contributed by atoms with Crippen molar-refractivity contribution in [1.82, 2.24) is 24.5 Å². The molecule has 0 atom stereocenters. The van der Waals surface area contributed by atoms with Crippen LogP contribution in [0, 0.1) is 0 Å². The summed E-state index contributed by atoms with van der Waals surface area (Å²) in [6.07, 6.45) is 6.63. The lowest BCUT2D eigenvalue weighted by Gasteiger charge is -2.05. The van der Waals surface area contributed by atoms with E-state index in [0.717, 1.165) is 65.7 Å². The van der Waals surface area contributed by atoms with Crippen molar-refractivity contribution in [1.29, 1.82) is 0 Å². The normalized spacial score (nSPS) is 14.3. The number of fused-ring (bicyclic) bond motifs is 2. The monoisotopic (exact) mass is 377 g/mol. The molecule has 0 aliphatic heterocycles. The van der Waals surface area contributed by atoms with Crippen LogP contribution in [0.2, 0.25) is 0 Å². The largest absolute Gasteiger partial charge is 0.396 e. The van der Waals surface area contributed by atoms with Crippen molar-refractivity contribution in [2.24, 2.45) is 0 Å². The van der Waals surface area contributed by atoms with Crippen LogP contribution in [0.5, 0.6) is 0 Å². The van der Waals surface area contributed by atoms with E-state index in [1.54, 1.807) is 10.8 Å². The summed E-state index contributed by atoms with van der Waals surface area (Å²) in [5, 5.41) is 9.02. The van der Waals surface area contributed by atoms with Gasteiger partial charge in [-0.15, -0.1) is 0 Å². The Hall–Kier alpha value is -2.93. The number of aliphatic hydroxyl groups is 1. The van der Waals surface area contributed by atoms with Crippen molar-refractivity contribution in [3.8, 4) is 0 Å². The summed E-state index contributed by atoms with van der Waals surface area (Å²) >= 11 is 0. The minimum Gasteiger partial charge on any atom is -0.396 e. The summed E-state index contributed by atoms with van der Waals surface area (Å²) in [4.78, 5) is 28.3. The second-order valence-corrected chi connectivity index (χ2v) is 7.56. The standard InChI is InChI=1S/C21H23N5O2/c27-11-2-1-4-13-5-3-6-15-18(13)25-17(23-15)12-26-20-16(24-21(26)28)9-10-22-19(20)14-7-8-14/h3,5-6,9-10,14,27H,1-2,4,7-8,11-12H2,(H,23,25)(H,24,28). The van der Waals surface area contributed by atoms with Crippen molar-refractivity contribution < 1.29 is 5.11 Å². The molecule has 3 heterocycles. The number of aryl methyl sites for hydroxylation is 1. The number of unbranched alkanes of at least 4 members (excludes halogenated alkanes) is 1. The maximum Gasteiger partial charge on any atom is 0.326 e. The number of aromatic amines is 2. The average molecular weight is 377 g/mol. The van der Waals surface area contributed by atoms with Crippen molar-refractivity contribution in [2.75, 3.05) is 6.61 Å². The van der Waals surface area contributed by atoms with Crippen LogP contribution in [0.3, 0.4) is 0 Å². The topological polar surface area (TPSA) is 99.6 Å². The second-order valence-electron chi connectivity index (χ2n) is 7.56. The molecule has 1 aliphatic carbocycles. The van der Waals surface area contributed by atoms with Gasteiger partial charge in [0.1, 0.15) is 5.82 Å². The molecule has 3 N–H and O–H groups in total. The van der Waals surface area contributed by atoms with Crippen LogP contribution in [-0.4, -0.2) is 36.2 Å². The van der Waals surface area contributed by atoms with Crippen molar-refractivity contribution >= 4 is 22.1 Å². The Bertz CT molecular complexity index is 1200. The molecule has 28 heavy (non-hydrogen) atoms. The number of benzene rings is 1. The summed E-state index contributed by atoms with van der Waals surface area (Å²) in [7, 11) is 0. The number of para-hydroxylation sites is 1. The fraction of sp³-hybridized carbons (Fsp3) is 0.381. The molecule has 0 saturated heterocycles. The lowest BCUT2D eigenvalue weighted by atomic mass is 10.1. The first-order chi connectivity index (χ1) is 13.7. The number of hydrogen-bond donors (Lipinski definition) is 3. The molecule has 3 aromatic heterocycles. The molecular weight excluding hydrogens is 354 g/mol. The summed E-state index contributed by atoms with van der Waals surface area (Å²) in [5.74, 6) is 1.22. The molecule has 7 nitrogen and oxygen atoms in total. The van der Waals surface area contributed by atoms with Crippen LogP contribution in [0.4, 0.5) is 0 Å². The van der Waals surface area contributed by atoms with Gasteiger partial charge in [-0.2, -0.15) is 0 Å². The number of hydrogen-bond acceptors (Lipinski definition) is 4. The zero-order valence-corrected chi connectivity index (χ0v) is 15.6. The predicted molar refractivity (Wildman–Crippen MR) is 108 cm³/mol. The van der Waals surface area contributed by atoms with E-state index in [1.807, 2.05) is 18.2 Å². The van der Waals surface area contributed by atoms with Crippen LogP contribution >= 0.6 is 0 Å². The van der Waals surface area contributed by atoms with E-state index >= 15 is 0 Å². The van der Waals surface area contributed by atoms with Crippen LogP contribution in [-0.2, 0) is 13.0 Å². The van der Waals surface area contributed by atoms with Gasteiger partial charge in [-0.3, -0.25) is 9.55 Å². The van der Waals surface area contributed by atoms with Gasteiger partial charge < -0.3 is 15.1 Å². The van der Waals surface area contributed by atoms with Crippen LogP contribution < -0.4 is 5.69 Å². The molecule has 1 aromatic carbocycles. The van der Waals surface area contributed by atoms with Gasteiger partial charge in [0.05, 0.1) is 34.3 Å². The van der Waals surface area contributed by atoms with Crippen molar-refractivity contribution in [3.63, 3.8) is 0 Å². The maximum atomic E-state index is 12.6. The number of nitrogens with zero attached hydrogens (tertiary/aromatic N) is 3. The molecule has 7 heteroatoms. The Morgan fingerprint density at radius 3 is 2.86 bits per heavy atom. The average Bonchev–Trinajstić information content (AvgIpc) is 3.38. The van der Waals surface area contributed by atoms with Gasteiger partial charge in [0.2, 0.25) is 0 Å². The van der Waals surface area contributed by atoms with Crippen molar-refractivity contribution in [3.05, 3.63) is 58.0 Å². The van der Waals surface area contributed by atoms with E-state index < -0.39 is 0 Å². The Balaban J connectivity index is 1.53. The Kier molecular flexibility index (Phi) is 4.24. The van der Waals surface area contributed by atoms with E-state index in [-0.39, 0.29) is 12.3 Å². The fourth-order valence-corrected chi connectivity index (χ4v) is 3.94. The number of rotatable bonds is 7. The molecule has 1 fully saturated rings. The Morgan fingerprint density at radius 1 is 1.14 bits per heavy atom. The minimum atomic E-state index is -0.131. The highest BCUT2D eigenvalue weighted by molar-refractivity contribution is 5.80. The lowest BCUT2D eigenvalue weighted by Crippen LogP contribution is -2.18. The minimum absolute atomic E-state index is 0.131. The third-order valence-corrected chi connectivity index (χ3v) is 5.48. The smallest absolute Gasteiger partial charge is 0.326 e. The molecule has 0 radical (unpaired) electrons. The van der Waals surface area contributed by atoms with E-state index in [9.17, 15) is 4.79 Å². The van der Waals surface area contributed by atoms with Crippen LogP contribution in [0.1, 0.15) is 48.7 Å². The molecule has 0 bridgehead atoms. The summed E-state index contributed by atoms with van der Waals surface area (Å²) in [6, 6.07) is 7.97. The zero-order valence-electron chi connectivity index (χ0n) is 15.6. The SMILES string of the molecule is O=c1[nH]c2ccnc(C3CC3)c2n1Cc1nc2c(CCCCO)cccc2[nH]1. The molecular formula is C21H23N5O2. The van der Waals surface area contributed by atoms with E-state index in [2.05, 4.69) is 21.0 Å². The first-order valence-electron chi connectivity index (χ1n) is 9.89. The van der Waals surface area contributed by atoms with Gasteiger partial charge in [-0.05, 0) is 49.8 Å². The van der Waals surface area contributed by atoms with E-state index in [1.165, 1.54) is 5.56 Å². The highest BCUT2D eigenvalue weighted by atomic mass is 16.2. The molecule has 0 spiro atoms. The van der Waals surface area contributed by atoms with Crippen LogP contribution in [0.15, 0.2) is 35.3 Å². The lowest BCUT2D eigenvalue weighted by molar-refractivity contribution is 0.284. The molecule has 1 aliphatic rings. The van der Waals surface area contributed by atoms with Gasteiger partial charge in [0, 0.05) is 18.7 Å². The quantitative estimate of drug-likeness (QED) is 0.431. The Morgan fingerprint density at radius 2 is 2.04 bits per heavy atom. The predicted octanol–water partition coefficient (Wildman–Crippen LogP) is 2.84. The van der Waals surface area contributed by atoms with E-state index in [4.69, 9.17) is 10.1 Å². The molecule has 1 saturated carbocycles. The van der Waals surface area contributed by atoms with Crippen molar-refractivity contribution in [2.45, 2.75) is 44.6 Å². The molecule has 0 unspecified atom stereocenters. The fourth-order valence-electron chi connectivity index (χ4n) is 3.94.